The molecule has 0 radical (unpaired) electrons. The zero-order valence-electron chi connectivity index (χ0n) is 10.6. The third kappa shape index (κ3) is 3.55. The van der Waals surface area contributed by atoms with Crippen molar-refractivity contribution in [1.29, 1.82) is 5.26 Å². The quantitative estimate of drug-likeness (QED) is 0.888. The van der Waals surface area contributed by atoms with Gasteiger partial charge in [-0.2, -0.15) is 5.26 Å². The van der Waals surface area contributed by atoms with Gasteiger partial charge in [-0.3, -0.25) is 9.59 Å². The van der Waals surface area contributed by atoms with E-state index in [0.29, 0.717) is 30.6 Å². The topological polar surface area (TPSA) is 73.2 Å². The second kappa shape index (κ2) is 6.01. The summed E-state index contributed by atoms with van der Waals surface area (Å²) in [6.45, 7) is 1.23. The highest BCUT2D eigenvalue weighted by molar-refractivity contribution is 5.91. The first-order valence-corrected chi connectivity index (χ1v) is 6.27. The number of hydrogen-bond donors (Lipinski definition) is 1. The van der Waals surface area contributed by atoms with E-state index in [4.69, 9.17) is 5.26 Å². The zero-order chi connectivity index (χ0) is 13.7. The smallest absolute Gasteiger partial charge is 0.226 e. The predicted molar refractivity (Wildman–Crippen MR) is 70.2 cm³/mol. The highest BCUT2D eigenvalue weighted by Crippen LogP contribution is 2.11. The molecular formula is C14H15N3O2. The molecule has 5 nitrogen and oxygen atoms in total. The summed E-state index contributed by atoms with van der Waals surface area (Å²) in [4.78, 5) is 24.8. The number of likely N-dealkylation sites (tertiary alicyclic amines) is 1. The molecule has 1 aromatic rings. The molecule has 1 fully saturated rings. The summed E-state index contributed by atoms with van der Waals surface area (Å²) < 4.78 is 0. The molecule has 0 atom stereocenters. The first-order valence-electron chi connectivity index (χ1n) is 6.27. The number of carbonyl (C=O) groups is 2. The van der Waals surface area contributed by atoms with Crippen LogP contribution in [0.2, 0.25) is 0 Å². The summed E-state index contributed by atoms with van der Waals surface area (Å²) in [7, 11) is 0. The van der Waals surface area contributed by atoms with Crippen LogP contribution in [0.15, 0.2) is 24.3 Å². The van der Waals surface area contributed by atoms with Crippen molar-refractivity contribution in [2.45, 2.75) is 19.3 Å². The summed E-state index contributed by atoms with van der Waals surface area (Å²) in [6, 6.07) is 8.71. The van der Waals surface area contributed by atoms with Crippen LogP contribution in [0.3, 0.4) is 0 Å². The number of rotatable bonds is 4. The van der Waals surface area contributed by atoms with Crippen molar-refractivity contribution in [3.63, 3.8) is 0 Å². The number of anilines is 1. The molecule has 0 spiro atoms. The lowest BCUT2D eigenvalue weighted by Crippen LogP contribution is -2.28. The highest BCUT2D eigenvalue weighted by Gasteiger charge is 2.20. The number of benzene rings is 1. The van der Waals surface area contributed by atoms with E-state index in [2.05, 4.69) is 5.32 Å². The molecule has 1 aliphatic rings. The van der Waals surface area contributed by atoms with Crippen molar-refractivity contribution in [3.05, 3.63) is 29.8 Å². The number of nitrogens with one attached hydrogen (secondary N) is 1. The van der Waals surface area contributed by atoms with Crippen molar-refractivity contribution in [2.24, 2.45) is 0 Å². The molecule has 1 aliphatic heterocycles. The SMILES string of the molecule is N#Cc1ccc(NC(=O)CCN2CCCC2=O)cc1. The summed E-state index contributed by atoms with van der Waals surface area (Å²) in [6.07, 6.45) is 1.78. The summed E-state index contributed by atoms with van der Waals surface area (Å²) in [5.74, 6) is 0.00980. The lowest BCUT2D eigenvalue weighted by Gasteiger charge is -2.14. The monoisotopic (exact) mass is 257 g/mol. The molecule has 1 aromatic carbocycles. The van der Waals surface area contributed by atoms with Crippen molar-refractivity contribution in [1.82, 2.24) is 4.90 Å². The van der Waals surface area contributed by atoms with E-state index in [9.17, 15) is 9.59 Å². The molecule has 0 aromatic heterocycles. The van der Waals surface area contributed by atoms with Gasteiger partial charge in [0, 0.05) is 31.6 Å². The summed E-state index contributed by atoms with van der Waals surface area (Å²) in [5, 5.41) is 11.4. The third-order valence-electron chi connectivity index (χ3n) is 3.08. The first-order chi connectivity index (χ1) is 9.19. The van der Waals surface area contributed by atoms with Crippen LogP contribution < -0.4 is 5.32 Å². The number of carbonyl (C=O) groups excluding carboxylic acids is 2. The maximum atomic E-state index is 11.7. The van der Waals surface area contributed by atoms with Crippen molar-refractivity contribution >= 4 is 17.5 Å². The van der Waals surface area contributed by atoms with Crippen LogP contribution >= 0.6 is 0 Å². The summed E-state index contributed by atoms with van der Waals surface area (Å²) >= 11 is 0. The largest absolute Gasteiger partial charge is 0.342 e. The van der Waals surface area contributed by atoms with Crippen LogP contribution in [-0.4, -0.2) is 29.8 Å². The van der Waals surface area contributed by atoms with Crippen LogP contribution in [0.4, 0.5) is 5.69 Å². The standard InChI is InChI=1S/C14H15N3O2/c15-10-11-3-5-12(6-4-11)16-13(18)7-9-17-8-1-2-14(17)19/h3-6H,1-2,7-9H2,(H,16,18). The predicted octanol–water partition coefficient (Wildman–Crippen LogP) is 1.51. The highest BCUT2D eigenvalue weighted by atomic mass is 16.2. The average molecular weight is 257 g/mol. The Hall–Kier alpha value is -2.35. The zero-order valence-corrected chi connectivity index (χ0v) is 10.6. The minimum absolute atomic E-state index is 0.121. The molecule has 98 valence electrons. The Morgan fingerprint density at radius 1 is 1.37 bits per heavy atom. The lowest BCUT2D eigenvalue weighted by atomic mass is 10.2. The van der Waals surface area contributed by atoms with Gasteiger partial charge in [0.05, 0.1) is 11.6 Å². The van der Waals surface area contributed by atoms with E-state index < -0.39 is 0 Å². The molecular weight excluding hydrogens is 242 g/mol. The third-order valence-corrected chi connectivity index (χ3v) is 3.08. The number of nitriles is 1. The maximum absolute atomic E-state index is 11.7. The van der Waals surface area contributed by atoms with Gasteiger partial charge in [0.15, 0.2) is 0 Å². The fraction of sp³-hybridized carbons (Fsp3) is 0.357. The van der Waals surface area contributed by atoms with Gasteiger partial charge in [-0.05, 0) is 30.7 Å². The first kappa shape index (κ1) is 13.1. The molecule has 2 rings (SSSR count). The second-order valence-corrected chi connectivity index (χ2v) is 4.47. The minimum atomic E-state index is -0.121. The van der Waals surface area contributed by atoms with Gasteiger partial charge in [-0.15, -0.1) is 0 Å². The number of amides is 2. The van der Waals surface area contributed by atoms with Gasteiger partial charge in [-0.1, -0.05) is 0 Å². The summed E-state index contributed by atoms with van der Waals surface area (Å²) in [5.41, 5.74) is 1.22. The Labute approximate surface area is 111 Å². The molecule has 1 N–H and O–H groups in total. The van der Waals surface area contributed by atoms with Gasteiger partial charge < -0.3 is 10.2 Å². The minimum Gasteiger partial charge on any atom is -0.342 e. The Morgan fingerprint density at radius 3 is 2.68 bits per heavy atom. The second-order valence-electron chi connectivity index (χ2n) is 4.47. The molecule has 0 saturated carbocycles. The maximum Gasteiger partial charge on any atom is 0.226 e. The van der Waals surface area contributed by atoms with Gasteiger partial charge >= 0.3 is 0 Å². The Bertz CT molecular complexity index is 516. The number of nitrogens with zero attached hydrogens (tertiary/aromatic N) is 2. The van der Waals surface area contributed by atoms with Gasteiger partial charge in [0.1, 0.15) is 0 Å². The van der Waals surface area contributed by atoms with Crippen LogP contribution in [0.1, 0.15) is 24.8 Å². The van der Waals surface area contributed by atoms with E-state index in [1.165, 1.54) is 0 Å². The molecule has 1 heterocycles. The fourth-order valence-corrected chi connectivity index (χ4v) is 2.03. The van der Waals surface area contributed by atoms with Crippen molar-refractivity contribution < 1.29 is 9.59 Å². The van der Waals surface area contributed by atoms with E-state index in [-0.39, 0.29) is 11.8 Å². The molecule has 0 bridgehead atoms. The fourth-order valence-electron chi connectivity index (χ4n) is 2.03. The van der Waals surface area contributed by atoms with Crippen LogP contribution in [0.25, 0.3) is 0 Å². The van der Waals surface area contributed by atoms with E-state index in [1.807, 2.05) is 6.07 Å². The molecule has 0 unspecified atom stereocenters. The number of hydrogen-bond acceptors (Lipinski definition) is 3. The van der Waals surface area contributed by atoms with E-state index in [1.54, 1.807) is 29.2 Å². The Kier molecular flexibility index (Phi) is 4.14. The van der Waals surface area contributed by atoms with Gasteiger partial charge in [0.25, 0.3) is 0 Å². The Balaban J connectivity index is 1.80. The van der Waals surface area contributed by atoms with Crippen molar-refractivity contribution in [2.75, 3.05) is 18.4 Å². The molecule has 19 heavy (non-hydrogen) atoms. The van der Waals surface area contributed by atoms with E-state index in [0.717, 1.165) is 13.0 Å². The van der Waals surface area contributed by atoms with Crippen LogP contribution in [-0.2, 0) is 9.59 Å². The van der Waals surface area contributed by atoms with Crippen LogP contribution in [0, 0.1) is 11.3 Å². The van der Waals surface area contributed by atoms with Gasteiger partial charge in [0.2, 0.25) is 11.8 Å². The molecule has 0 aliphatic carbocycles. The molecule has 2 amide bonds. The van der Waals surface area contributed by atoms with E-state index >= 15 is 0 Å². The molecule has 1 saturated heterocycles. The molecule has 5 heteroatoms. The van der Waals surface area contributed by atoms with Crippen LogP contribution in [0.5, 0.6) is 0 Å². The average Bonchev–Trinajstić information content (AvgIpc) is 2.83. The van der Waals surface area contributed by atoms with Gasteiger partial charge in [-0.25, -0.2) is 0 Å². The normalized spacial score (nSPS) is 14.3. The van der Waals surface area contributed by atoms with Crippen molar-refractivity contribution in [3.8, 4) is 6.07 Å². The Morgan fingerprint density at radius 2 is 2.11 bits per heavy atom. The lowest BCUT2D eigenvalue weighted by molar-refractivity contribution is -0.128.